The molecule has 0 amide bonds. The van der Waals surface area contributed by atoms with Crippen molar-refractivity contribution in [1.82, 2.24) is 10.2 Å². The van der Waals surface area contributed by atoms with Crippen LogP contribution in [0.25, 0.3) is 0 Å². The van der Waals surface area contributed by atoms with Gasteiger partial charge in [0.05, 0.1) is 6.10 Å². The lowest BCUT2D eigenvalue weighted by Gasteiger charge is -2.34. The molecule has 124 valence electrons. The van der Waals surface area contributed by atoms with Gasteiger partial charge in [0.2, 0.25) is 0 Å². The van der Waals surface area contributed by atoms with Gasteiger partial charge in [0.15, 0.2) is 5.96 Å². The Balaban J connectivity index is 0.00000242. The summed E-state index contributed by atoms with van der Waals surface area (Å²) in [6.07, 6.45) is 3.63. The van der Waals surface area contributed by atoms with Crippen molar-refractivity contribution in [2.45, 2.75) is 32.3 Å². The van der Waals surface area contributed by atoms with Crippen LogP contribution in [0.4, 0.5) is 0 Å². The molecule has 0 bridgehead atoms. The lowest BCUT2D eigenvalue weighted by atomic mass is 10.1. The Morgan fingerprint density at radius 2 is 1.95 bits per heavy atom. The number of nitrogens with one attached hydrogen (secondary N) is 1. The number of piperidine rings is 1. The highest BCUT2D eigenvalue weighted by atomic mass is 127. The zero-order chi connectivity index (χ0) is 14.9. The summed E-state index contributed by atoms with van der Waals surface area (Å²) in [6.45, 7) is 5.85. The molecule has 1 aliphatic heterocycles. The molecule has 1 N–H and O–H groups in total. The summed E-state index contributed by atoms with van der Waals surface area (Å²) >= 11 is 0. The number of benzene rings is 1. The van der Waals surface area contributed by atoms with Crippen LogP contribution in [0.2, 0.25) is 0 Å². The highest BCUT2D eigenvalue weighted by Crippen LogP contribution is 2.13. The van der Waals surface area contributed by atoms with Gasteiger partial charge < -0.3 is 15.0 Å². The Kier molecular flexibility index (Phi) is 9.47. The summed E-state index contributed by atoms with van der Waals surface area (Å²) in [5.74, 6) is 1.01. The molecule has 0 unspecified atom stereocenters. The Hall–Kier alpha value is -0.820. The lowest BCUT2D eigenvalue weighted by Crippen LogP contribution is -2.47. The zero-order valence-corrected chi connectivity index (χ0v) is 16.0. The van der Waals surface area contributed by atoms with Gasteiger partial charge in [-0.3, -0.25) is 4.99 Å². The lowest BCUT2D eigenvalue weighted by molar-refractivity contribution is 0.0264. The maximum absolute atomic E-state index is 5.70. The quantitative estimate of drug-likeness (QED) is 0.455. The highest BCUT2D eigenvalue weighted by molar-refractivity contribution is 14.0. The molecule has 2 rings (SSSR count). The van der Waals surface area contributed by atoms with Crippen molar-refractivity contribution in [1.29, 1.82) is 0 Å². The summed E-state index contributed by atoms with van der Waals surface area (Å²) in [4.78, 5) is 6.74. The third-order valence-electron chi connectivity index (χ3n) is 3.90. The number of ether oxygens (including phenoxy) is 1. The molecule has 0 spiro atoms. The van der Waals surface area contributed by atoms with Gasteiger partial charge in [-0.25, -0.2) is 0 Å². The van der Waals surface area contributed by atoms with Crippen LogP contribution >= 0.6 is 24.0 Å². The summed E-state index contributed by atoms with van der Waals surface area (Å²) < 4.78 is 5.70. The summed E-state index contributed by atoms with van der Waals surface area (Å²) in [6, 6.07) is 10.6. The fraction of sp³-hybridized carbons (Fsp3) is 0.588. The van der Waals surface area contributed by atoms with Gasteiger partial charge in [0, 0.05) is 33.3 Å². The molecule has 0 aromatic heterocycles. The van der Waals surface area contributed by atoms with Crippen molar-refractivity contribution < 1.29 is 4.74 Å². The Morgan fingerprint density at radius 3 is 2.55 bits per heavy atom. The monoisotopic (exact) mass is 417 g/mol. The smallest absolute Gasteiger partial charge is 0.193 e. The average molecular weight is 417 g/mol. The Morgan fingerprint density at radius 1 is 1.27 bits per heavy atom. The first-order valence-corrected chi connectivity index (χ1v) is 7.94. The standard InChI is InChI=1S/C17H27N3O.HI/c1-3-21-16-10-13-20(14-11-16)17(18-2)19-12-9-15-7-5-4-6-8-15;/h4-8,16H,3,9-14H2,1-2H3,(H,18,19);1H. The van der Waals surface area contributed by atoms with Gasteiger partial charge in [-0.15, -0.1) is 24.0 Å². The zero-order valence-electron chi connectivity index (χ0n) is 13.6. The SMILES string of the molecule is CCOC1CCN(C(=NC)NCCc2ccccc2)CC1.I. The van der Waals surface area contributed by atoms with Crippen molar-refractivity contribution >= 4 is 29.9 Å². The van der Waals surface area contributed by atoms with Gasteiger partial charge in [0.1, 0.15) is 0 Å². The topological polar surface area (TPSA) is 36.9 Å². The minimum atomic E-state index is 0. The number of hydrogen-bond acceptors (Lipinski definition) is 2. The number of hydrogen-bond donors (Lipinski definition) is 1. The second kappa shape index (κ2) is 10.8. The molecule has 1 heterocycles. The molecule has 1 saturated heterocycles. The second-order valence-electron chi connectivity index (χ2n) is 5.35. The normalized spacial score (nSPS) is 16.3. The number of aliphatic imine (C=N–C) groups is 1. The molecule has 0 atom stereocenters. The third kappa shape index (κ3) is 6.12. The van der Waals surface area contributed by atoms with Crippen LogP contribution in [0.1, 0.15) is 25.3 Å². The van der Waals surface area contributed by atoms with Gasteiger partial charge in [-0.05, 0) is 31.7 Å². The highest BCUT2D eigenvalue weighted by Gasteiger charge is 2.21. The first kappa shape index (κ1) is 19.2. The molecule has 4 nitrogen and oxygen atoms in total. The maximum Gasteiger partial charge on any atom is 0.193 e. The van der Waals surface area contributed by atoms with E-state index in [2.05, 4.69) is 52.5 Å². The molecule has 0 saturated carbocycles. The van der Waals surface area contributed by atoms with Crippen molar-refractivity contribution in [2.75, 3.05) is 33.3 Å². The van der Waals surface area contributed by atoms with Crippen LogP contribution in [0.15, 0.2) is 35.3 Å². The number of halogens is 1. The number of rotatable bonds is 5. The van der Waals surface area contributed by atoms with Gasteiger partial charge in [0.25, 0.3) is 0 Å². The third-order valence-corrected chi connectivity index (χ3v) is 3.90. The van der Waals surface area contributed by atoms with Crippen LogP contribution < -0.4 is 5.32 Å². The first-order valence-electron chi connectivity index (χ1n) is 7.94. The summed E-state index contributed by atoms with van der Waals surface area (Å²) in [5, 5.41) is 3.47. The van der Waals surface area contributed by atoms with Crippen LogP contribution in [0.3, 0.4) is 0 Å². The van der Waals surface area contributed by atoms with Crippen molar-refractivity contribution in [2.24, 2.45) is 4.99 Å². The van der Waals surface area contributed by atoms with E-state index < -0.39 is 0 Å². The molecule has 1 fully saturated rings. The van der Waals surface area contributed by atoms with E-state index in [0.717, 1.165) is 51.5 Å². The number of likely N-dealkylation sites (tertiary alicyclic amines) is 1. The van der Waals surface area contributed by atoms with Gasteiger partial charge in [-0.2, -0.15) is 0 Å². The number of guanidine groups is 1. The maximum atomic E-state index is 5.70. The number of nitrogens with zero attached hydrogens (tertiary/aromatic N) is 2. The molecule has 1 aliphatic rings. The Bertz CT molecular complexity index is 431. The predicted octanol–water partition coefficient (Wildman–Crippen LogP) is 2.92. The molecule has 22 heavy (non-hydrogen) atoms. The Labute approximate surface area is 151 Å². The molecule has 1 aromatic rings. The van der Waals surface area contributed by atoms with Crippen molar-refractivity contribution in [3.8, 4) is 0 Å². The average Bonchev–Trinajstić information content (AvgIpc) is 2.54. The second-order valence-corrected chi connectivity index (χ2v) is 5.35. The largest absolute Gasteiger partial charge is 0.378 e. The van der Waals surface area contributed by atoms with E-state index in [9.17, 15) is 0 Å². The van der Waals surface area contributed by atoms with Crippen LogP contribution in [0.5, 0.6) is 0 Å². The molecule has 5 heteroatoms. The summed E-state index contributed by atoms with van der Waals surface area (Å²) in [5.41, 5.74) is 1.36. The van der Waals surface area contributed by atoms with Crippen molar-refractivity contribution in [3.05, 3.63) is 35.9 Å². The minimum absolute atomic E-state index is 0. The van der Waals surface area contributed by atoms with E-state index in [1.165, 1.54) is 5.56 Å². The van der Waals surface area contributed by atoms with E-state index >= 15 is 0 Å². The van der Waals surface area contributed by atoms with Crippen molar-refractivity contribution in [3.63, 3.8) is 0 Å². The van der Waals surface area contributed by atoms with E-state index in [1.807, 2.05) is 7.05 Å². The molecular weight excluding hydrogens is 389 g/mol. The van der Waals surface area contributed by atoms with E-state index in [4.69, 9.17) is 4.74 Å². The van der Waals surface area contributed by atoms with Gasteiger partial charge in [-0.1, -0.05) is 30.3 Å². The van der Waals surface area contributed by atoms with E-state index in [1.54, 1.807) is 0 Å². The summed E-state index contributed by atoms with van der Waals surface area (Å²) in [7, 11) is 1.86. The molecule has 0 radical (unpaired) electrons. The van der Waals surface area contributed by atoms with Gasteiger partial charge >= 0.3 is 0 Å². The van der Waals surface area contributed by atoms with E-state index in [-0.39, 0.29) is 24.0 Å². The molecule has 0 aliphatic carbocycles. The molecule has 1 aromatic carbocycles. The van der Waals surface area contributed by atoms with E-state index in [0.29, 0.717) is 6.10 Å². The van der Waals surface area contributed by atoms with Crippen LogP contribution in [-0.4, -0.2) is 50.3 Å². The first-order chi connectivity index (χ1) is 10.3. The van der Waals surface area contributed by atoms with Crippen LogP contribution in [0, 0.1) is 0 Å². The minimum Gasteiger partial charge on any atom is -0.378 e. The fourth-order valence-electron chi connectivity index (χ4n) is 2.77. The van der Waals surface area contributed by atoms with Crippen LogP contribution in [-0.2, 0) is 11.2 Å². The molecular formula is C17H28IN3O. The predicted molar refractivity (Wildman–Crippen MR) is 103 cm³/mol. The fourth-order valence-corrected chi connectivity index (χ4v) is 2.77.